The fourth-order valence-electron chi connectivity index (χ4n) is 3.81. The molecule has 0 heterocycles. The van der Waals surface area contributed by atoms with E-state index in [1.165, 1.54) is 51.4 Å². The lowest BCUT2D eigenvalue weighted by molar-refractivity contribution is 0.189. The summed E-state index contributed by atoms with van der Waals surface area (Å²) in [4.78, 5) is 0. The van der Waals surface area contributed by atoms with Gasteiger partial charge in [-0.1, -0.05) is 26.7 Å². The highest BCUT2D eigenvalue weighted by Gasteiger charge is 2.28. The van der Waals surface area contributed by atoms with Gasteiger partial charge in [0.2, 0.25) is 0 Å². The standard InChI is InChI=1S/C16H31NO/c1-16(2)9-4-7-15(8-10-16)17-11-13-5-3-6-14(13)12-18/h13-15,17-18H,3-12H2,1-2H3. The smallest absolute Gasteiger partial charge is 0.0462 e. The highest BCUT2D eigenvalue weighted by atomic mass is 16.3. The average molecular weight is 253 g/mol. The van der Waals surface area contributed by atoms with E-state index in [0.29, 0.717) is 17.9 Å². The lowest BCUT2D eigenvalue weighted by atomic mass is 9.85. The monoisotopic (exact) mass is 253 g/mol. The van der Waals surface area contributed by atoms with Crippen LogP contribution in [0.25, 0.3) is 0 Å². The maximum Gasteiger partial charge on any atom is 0.0462 e. The van der Waals surface area contributed by atoms with E-state index < -0.39 is 0 Å². The van der Waals surface area contributed by atoms with Crippen LogP contribution in [0.4, 0.5) is 0 Å². The van der Waals surface area contributed by atoms with Gasteiger partial charge in [0.15, 0.2) is 0 Å². The van der Waals surface area contributed by atoms with Crippen molar-refractivity contribution >= 4 is 0 Å². The van der Waals surface area contributed by atoms with Crippen molar-refractivity contribution < 1.29 is 5.11 Å². The highest BCUT2D eigenvalue weighted by molar-refractivity contribution is 4.83. The molecule has 0 spiro atoms. The first kappa shape index (κ1) is 14.3. The number of hydrogen-bond donors (Lipinski definition) is 2. The molecule has 2 aliphatic carbocycles. The van der Waals surface area contributed by atoms with Gasteiger partial charge in [0.05, 0.1) is 0 Å². The molecular weight excluding hydrogens is 222 g/mol. The van der Waals surface area contributed by atoms with Crippen molar-refractivity contribution in [2.45, 2.75) is 71.3 Å². The Morgan fingerprint density at radius 2 is 1.78 bits per heavy atom. The van der Waals surface area contributed by atoms with E-state index in [-0.39, 0.29) is 0 Å². The molecule has 0 aromatic heterocycles. The van der Waals surface area contributed by atoms with Crippen molar-refractivity contribution in [2.24, 2.45) is 17.3 Å². The Balaban J connectivity index is 1.73. The van der Waals surface area contributed by atoms with Gasteiger partial charge >= 0.3 is 0 Å². The molecular formula is C16H31NO. The number of aliphatic hydroxyl groups is 1. The van der Waals surface area contributed by atoms with Crippen molar-refractivity contribution in [1.29, 1.82) is 0 Å². The molecule has 0 aromatic rings. The molecule has 2 N–H and O–H groups in total. The third-order valence-corrected chi connectivity index (χ3v) is 5.30. The Labute approximate surface area is 113 Å². The van der Waals surface area contributed by atoms with Gasteiger partial charge in [0.1, 0.15) is 0 Å². The molecule has 106 valence electrons. The summed E-state index contributed by atoms with van der Waals surface area (Å²) >= 11 is 0. The van der Waals surface area contributed by atoms with Gasteiger partial charge in [-0.25, -0.2) is 0 Å². The second-order valence-electron chi connectivity index (χ2n) is 7.33. The van der Waals surface area contributed by atoms with E-state index in [2.05, 4.69) is 19.2 Å². The van der Waals surface area contributed by atoms with Gasteiger partial charge in [0, 0.05) is 12.6 Å². The van der Waals surface area contributed by atoms with Crippen LogP contribution < -0.4 is 5.32 Å². The Kier molecular flexibility index (Phi) is 5.08. The summed E-state index contributed by atoms with van der Waals surface area (Å²) in [5.41, 5.74) is 0.553. The Morgan fingerprint density at radius 3 is 2.56 bits per heavy atom. The maximum atomic E-state index is 9.36. The van der Waals surface area contributed by atoms with Crippen LogP contribution in [0.1, 0.15) is 65.2 Å². The van der Waals surface area contributed by atoms with Gasteiger partial charge < -0.3 is 10.4 Å². The van der Waals surface area contributed by atoms with E-state index in [9.17, 15) is 5.11 Å². The lowest BCUT2D eigenvalue weighted by Crippen LogP contribution is -2.35. The fourth-order valence-corrected chi connectivity index (χ4v) is 3.81. The Hall–Kier alpha value is -0.0800. The minimum Gasteiger partial charge on any atom is -0.396 e. The molecule has 18 heavy (non-hydrogen) atoms. The number of aliphatic hydroxyl groups excluding tert-OH is 1. The molecule has 0 radical (unpaired) electrons. The third-order valence-electron chi connectivity index (χ3n) is 5.30. The predicted molar refractivity (Wildman–Crippen MR) is 76.6 cm³/mol. The maximum absolute atomic E-state index is 9.36. The summed E-state index contributed by atoms with van der Waals surface area (Å²) in [6.07, 6.45) is 10.7. The minimum absolute atomic E-state index is 0.393. The largest absolute Gasteiger partial charge is 0.396 e. The van der Waals surface area contributed by atoms with Crippen molar-refractivity contribution in [1.82, 2.24) is 5.32 Å². The zero-order valence-electron chi connectivity index (χ0n) is 12.3. The second kappa shape index (κ2) is 6.38. The highest BCUT2D eigenvalue weighted by Crippen LogP contribution is 2.34. The van der Waals surface area contributed by atoms with E-state index in [1.807, 2.05) is 0 Å². The van der Waals surface area contributed by atoms with E-state index in [4.69, 9.17) is 0 Å². The van der Waals surface area contributed by atoms with Crippen molar-refractivity contribution in [2.75, 3.05) is 13.2 Å². The molecule has 3 atom stereocenters. The van der Waals surface area contributed by atoms with Gasteiger partial charge in [-0.05, 0) is 62.3 Å². The molecule has 0 amide bonds. The van der Waals surface area contributed by atoms with Gasteiger partial charge in [-0.3, -0.25) is 0 Å². The molecule has 0 aliphatic heterocycles. The van der Waals surface area contributed by atoms with Crippen LogP contribution in [0, 0.1) is 17.3 Å². The van der Waals surface area contributed by atoms with Crippen LogP contribution in [-0.2, 0) is 0 Å². The molecule has 2 saturated carbocycles. The SMILES string of the molecule is CC1(C)CCCC(NCC2CCCC2CO)CC1. The Bertz CT molecular complexity index is 251. The minimum atomic E-state index is 0.393. The molecule has 0 bridgehead atoms. The zero-order chi connectivity index (χ0) is 13.0. The molecule has 2 aliphatic rings. The lowest BCUT2D eigenvalue weighted by Gasteiger charge is -2.24. The molecule has 2 fully saturated rings. The number of hydrogen-bond acceptors (Lipinski definition) is 2. The van der Waals surface area contributed by atoms with Crippen LogP contribution in [0.5, 0.6) is 0 Å². The first-order valence-corrected chi connectivity index (χ1v) is 7.95. The summed E-state index contributed by atoms with van der Waals surface area (Å²) < 4.78 is 0. The molecule has 2 rings (SSSR count). The molecule has 0 aromatic carbocycles. The van der Waals surface area contributed by atoms with Crippen molar-refractivity contribution in [3.63, 3.8) is 0 Å². The van der Waals surface area contributed by atoms with E-state index >= 15 is 0 Å². The summed E-state index contributed by atoms with van der Waals surface area (Å²) in [6.45, 7) is 6.35. The predicted octanol–water partition coefficient (Wildman–Crippen LogP) is 3.34. The summed E-state index contributed by atoms with van der Waals surface area (Å²) in [7, 11) is 0. The van der Waals surface area contributed by atoms with Crippen molar-refractivity contribution in [3.8, 4) is 0 Å². The van der Waals surface area contributed by atoms with Crippen LogP contribution in [-0.4, -0.2) is 24.3 Å². The molecule has 2 heteroatoms. The normalized spacial score (nSPS) is 36.5. The first-order chi connectivity index (χ1) is 8.61. The molecule has 3 unspecified atom stereocenters. The number of nitrogens with one attached hydrogen (secondary N) is 1. The summed E-state index contributed by atoms with van der Waals surface area (Å²) in [5.74, 6) is 1.30. The van der Waals surface area contributed by atoms with Crippen LogP contribution >= 0.6 is 0 Å². The summed E-state index contributed by atoms with van der Waals surface area (Å²) in [5, 5.41) is 13.2. The average Bonchev–Trinajstić information content (AvgIpc) is 2.72. The topological polar surface area (TPSA) is 32.3 Å². The van der Waals surface area contributed by atoms with E-state index in [1.54, 1.807) is 0 Å². The Morgan fingerprint density at radius 1 is 1.00 bits per heavy atom. The second-order valence-corrected chi connectivity index (χ2v) is 7.33. The van der Waals surface area contributed by atoms with Gasteiger partial charge in [-0.15, -0.1) is 0 Å². The molecule has 0 saturated heterocycles. The first-order valence-electron chi connectivity index (χ1n) is 7.95. The van der Waals surface area contributed by atoms with Crippen molar-refractivity contribution in [3.05, 3.63) is 0 Å². The number of rotatable bonds is 4. The van der Waals surface area contributed by atoms with Gasteiger partial charge in [0.25, 0.3) is 0 Å². The van der Waals surface area contributed by atoms with Crippen LogP contribution in [0.2, 0.25) is 0 Å². The fraction of sp³-hybridized carbons (Fsp3) is 1.00. The van der Waals surface area contributed by atoms with E-state index in [0.717, 1.165) is 18.5 Å². The summed E-state index contributed by atoms with van der Waals surface area (Å²) in [6, 6.07) is 0.728. The molecule has 2 nitrogen and oxygen atoms in total. The van der Waals surface area contributed by atoms with Crippen LogP contribution in [0.3, 0.4) is 0 Å². The van der Waals surface area contributed by atoms with Crippen LogP contribution in [0.15, 0.2) is 0 Å². The van der Waals surface area contributed by atoms with Gasteiger partial charge in [-0.2, -0.15) is 0 Å². The quantitative estimate of drug-likeness (QED) is 0.753. The zero-order valence-corrected chi connectivity index (χ0v) is 12.3. The third kappa shape index (κ3) is 3.96.